The molecule has 29 heavy (non-hydrogen) atoms. The maximum absolute atomic E-state index is 13.4. The second kappa shape index (κ2) is 8.46. The van der Waals surface area contributed by atoms with Crippen molar-refractivity contribution < 1.29 is 23.1 Å². The van der Waals surface area contributed by atoms with Crippen molar-refractivity contribution in [1.29, 1.82) is 0 Å². The van der Waals surface area contributed by atoms with Crippen molar-refractivity contribution in [2.24, 2.45) is 0 Å². The number of aryl methyl sites for hydroxylation is 1. The smallest absolute Gasteiger partial charge is 0.416 e. The predicted octanol–water partition coefficient (Wildman–Crippen LogP) is 5.29. The number of H-pyrrole nitrogens is 1. The van der Waals surface area contributed by atoms with E-state index in [1.54, 1.807) is 24.3 Å². The van der Waals surface area contributed by atoms with Crippen LogP contribution in [0.25, 0.3) is 0 Å². The summed E-state index contributed by atoms with van der Waals surface area (Å²) in [6.45, 7) is 1.41. The highest BCUT2D eigenvalue weighted by molar-refractivity contribution is 7.99. The Kier molecular flexibility index (Phi) is 6.18. The number of alkyl halides is 3. The molecule has 0 saturated carbocycles. The first-order chi connectivity index (χ1) is 13.6. The molecular formula is C19H15ClF3N3O2S. The Morgan fingerprint density at radius 1 is 1.28 bits per heavy atom. The summed E-state index contributed by atoms with van der Waals surface area (Å²) in [7, 11) is 0. The summed E-state index contributed by atoms with van der Waals surface area (Å²) in [5.74, 6) is -1.01. The fourth-order valence-electron chi connectivity index (χ4n) is 2.79. The number of aromatic amines is 1. The van der Waals surface area contributed by atoms with Crippen LogP contribution in [-0.2, 0) is 17.4 Å². The van der Waals surface area contributed by atoms with Gasteiger partial charge in [0.2, 0.25) is 0 Å². The SMILES string of the molecule is Cc1ccc(C(Sc2ccc(CC(=O)O)c(Cl)c2)c2cn[nH]n2)cc1C(F)(F)F. The molecule has 0 fully saturated rings. The maximum Gasteiger partial charge on any atom is 0.416 e. The summed E-state index contributed by atoms with van der Waals surface area (Å²) < 4.78 is 40.1. The van der Waals surface area contributed by atoms with Gasteiger partial charge in [-0.1, -0.05) is 29.8 Å². The lowest BCUT2D eigenvalue weighted by molar-refractivity contribution is -0.138. The molecule has 2 N–H and O–H groups in total. The summed E-state index contributed by atoms with van der Waals surface area (Å²) in [5, 5.41) is 18.9. The number of carbonyl (C=O) groups is 1. The van der Waals surface area contributed by atoms with Gasteiger partial charge in [-0.2, -0.15) is 28.6 Å². The molecule has 0 radical (unpaired) electrons. The van der Waals surface area contributed by atoms with Gasteiger partial charge in [-0.3, -0.25) is 4.79 Å². The molecule has 0 spiro atoms. The van der Waals surface area contributed by atoms with Crippen LogP contribution in [0.4, 0.5) is 13.2 Å². The molecule has 3 rings (SSSR count). The van der Waals surface area contributed by atoms with Crippen LogP contribution in [0.1, 0.15) is 33.2 Å². The summed E-state index contributed by atoms with van der Waals surface area (Å²) >= 11 is 7.42. The third-order valence-electron chi connectivity index (χ3n) is 4.19. The van der Waals surface area contributed by atoms with Crippen LogP contribution < -0.4 is 0 Å². The van der Waals surface area contributed by atoms with E-state index in [-0.39, 0.29) is 17.0 Å². The number of aliphatic carboxylic acids is 1. The van der Waals surface area contributed by atoms with Gasteiger partial charge in [0, 0.05) is 9.92 Å². The molecule has 152 valence electrons. The quantitative estimate of drug-likeness (QED) is 0.508. The average Bonchev–Trinajstić information content (AvgIpc) is 3.15. The summed E-state index contributed by atoms with van der Waals surface area (Å²) in [6, 6.07) is 9.03. The minimum atomic E-state index is -4.47. The number of hydrogen-bond donors (Lipinski definition) is 2. The highest BCUT2D eigenvalue weighted by Crippen LogP contribution is 2.42. The lowest BCUT2D eigenvalue weighted by atomic mass is 10.0. The van der Waals surface area contributed by atoms with Gasteiger partial charge in [0.15, 0.2) is 0 Å². The van der Waals surface area contributed by atoms with Crippen molar-refractivity contribution in [3.05, 3.63) is 75.6 Å². The Hall–Kier alpha value is -2.52. The van der Waals surface area contributed by atoms with Crippen molar-refractivity contribution in [2.45, 2.75) is 29.7 Å². The first kappa shape index (κ1) is 21.2. The number of thioether (sulfide) groups is 1. The topological polar surface area (TPSA) is 78.9 Å². The van der Waals surface area contributed by atoms with Crippen molar-refractivity contribution in [3.8, 4) is 0 Å². The van der Waals surface area contributed by atoms with Crippen LogP contribution in [0.5, 0.6) is 0 Å². The van der Waals surface area contributed by atoms with E-state index in [1.807, 2.05) is 0 Å². The highest BCUT2D eigenvalue weighted by Gasteiger charge is 2.33. The van der Waals surface area contributed by atoms with Crippen LogP contribution in [0.2, 0.25) is 5.02 Å². The maximum atomic E-state index is 13.4. The van der Waals surface area contributed by atoms with Crippen LogP contribution in [-0.4, -0.2) is 26.5 Å². The van der Waals surface area contributed by atoms with E-state index in [0.29, 0.717) is 21.7 Å². The highest BCUT2D eigenvalue weighted by atomic mass is 35.5. The van der Waals surface area contributed by atoms with Gasteiger partial charge in [0.25, 0.3) is 0 Å². The molecule has 1 atom stereocenters. The number of benzene rings is 2. The molecule has 3 aromatic rings. The third kappa shape index (κ3) is 5.10. The van der Waals surface area contributed by atoms with Crippen molar-refractivity contribution in [2.75, 3.05) is 0 Å². The summed E-state index contributed by atoms with van der Waals surface area (Å²) in [5.41, 5.74) is 0.742. The van der Waals surface area contributed by atoms with Crippen molar-refractivity contribution in [3.63, 3.8) is 0 Å². The Morgan fingerprint density at radius 2 is 2.03 bits per heavy atom. The van der Waals surface area contributed by atoms with Gasteiger partial charge in [0.1, 0.15) is 5.69 Å². The lowest BCUT2D eigenvalue weighted by Crippen LogP contribution is -2.09. The average molecular weight is 442 g/mol. The predicted molar refractivity (Wildman–Crippen MR) is 103 cm³/mol. The monoisotopic (exact) mass is 441 g/mol. The minimum Gasteiger partial charge on any atom is -0.481 e. The molecule has 2 aromatic carbocycles. The third-order valence-corrected chi connectivity index (χ3v) is 5.82. The summed E-state index contributed by atoms with van der Waals surface area (Å²) in [6.07, 6.45) is -3.24. The lowest BCUT2D eigenvalue weighted by Gasteiger charge is -2.18. The van der Waals surface area contributed by atoms with E-state index in [9.17, 15) is 18.0 Å². The molecule has 0 bridgehead atoms. The van der Waals surface area contributed by atoms with Gasteiger partial charge in [0.05, 0.1) is 23.4 Å². The van der Waals surface area contributed by atoms with Crippen molar-refractivity contribution >= 4 is 29.3 Å². The fourth-order valence-corrected chi connectivity index (χ4v) is 4.22. The second-order valence-electron chi connectivity index (χ2n) is 6.29. The van der Waals surface area contributed by atoms with Gasteiger partial charge in [-0.15, -0.1) is 11.8 Å². The zero-order valence-electron chi connectivity index (χ0n) is 15.0. The molecule has 1 heterocycles. The van der Waals surface area contributed by atoms with E-state index in [4.69, 9.17) is 16.7 Å². The van der Waals surface area contributed by atoms with Gasteiger partial charge in [-0.05, 0) is 41.8 Å². The van der Waals surface area contributed by atoms with Crippen LogP contribution in [0, 0.1) is 6.92 Å². The Bertz CT molecular complexity index is 1030. The Morgan fingerprint density at radius 3 is 2.62 bits per heavy atom. The van der Waals surface area contributed by atoms with E-state index < -0.39 is 23.0 Å². The second-order valence-corrected chi connectivity index (χ2v) is 7.87. The molecule has 0 saturated heterocycles. The first-order valence-electron chi connectivity index (χ1n) is 8.35. The number of hydrogen-bond acceptors (Lipinski definition) is 4. The van der Waals surface area contributed by atoms with E-state index in [1.165, 1.54) is 30.9 Å². The summed E-state index contributed by atoms with van der Waals surface area (Å²) in [4.78, 5) is 11.5. The Labute approximate surface area is 173 Å². The molecule has 0 aliphatic rings. The Balaban J connectivity index is 1.98. The minimum absolute atomic E-state index is 0.131. The van der Waals surface area contributed by atoms with Gasteiger partial charge < -0.3 is 5.11 Å². The van der Waals surface area contributed by atoms with E-state index >= 15 is 0 Å². The standard InChI is InChI=1S/C19H15ClF3N3O2S/c1-10-2-3-12(6-14(10)19(21,22)23)18(16-9-24-26-25-16)29-13-5-4-11(7-17(27)28)15(20)8-13/h2-6,8-9,18H,7H2,1H3,(H,27,28)(H,24,25,26). The number of carboxylic acid groups (broad SMARTS) is 1. The molecular weight excluding hydrogens is 427 g/mol. The zero-order chi connectivity index (χ0) is 21.2. The normalized spacial score (nSPS) is 12.7. The number of aromatic nitrogens is 3. The fraction of sp³-hybridized carbons (Fsp3) is 0.211. The molecule has 5 nitrogen and oxygen atoms in total. The van der Waals surface area contributed by atoms with Crippen LogP contribution >= 0.6 is 23.4 Å². The number of nitrogens with one attached hydrogen (secondary N) is 1. The molecule has 0 aliphatic carbocycles. The molecule has 1 aromatic heterocycles. The van der Waals surface area contributed by atoms with Gasteiger partial charge >= 0.3 is 12.1 Å². The molecule has 1 unspecified atom stereocenters. The van der Waals surface area contributed by atoms with Crippen LogP contribution in [0.3, 0.4) is 0 Å². The molecule has 10 heteroatoms. The van der Waals surface area contributed by atoms with Gasteiger partial charge in [-0.25, -0.2) is 0 Å². The first-order valence-corrected chi connectivity index (χ1v) is 9.61. The van der Waals surface area contributed by atoms with E-state index in [0.717, 1.165) is 6.07 Å². The number of carboxylic acids is 1. The number of nitrogens with zero attached hydrogens (tertiary/aromatic N) is 2. The largest absolute Gasteiger partial charge is 0.481 e. The number of rotatable bonds is 6. The van der Waals surface area contributed by atoms with Crippen LogP contribution in [0.15, 0.2) is 47.5 Å². The zero-order valence-corrected chi connectivity index (χ0v) is 16.6. The molecule has 0 aliphatic heterocycles. The van der Waals surface area contributed by atoms with E-state index in [2.05, 4.69) is 15.4 Å². The molecule has 0 amide bonds. The van der Waals surface area contributed by atoms with Crippen molar-refractivity contribution in [1.82, 2.24) is 15.4 Å². The number of halogens is 4.